The monoisotopic (exact) mass is 252 g/mol. The van der Waals surface area contributed by atoms with Crippen LogP contribution in [-0.2, 0) is 0 Å². The van der Waals surface area contributed by atoms with Gasteiger partial charge in [0.15, 0.2) is 0 Å². The molecule has 18 heavy (non-hydrogen) atoms. The van der Waals surface area contributed by atoms with E-state index in [0.717, 1.165) is 4.90 Å². The molecule has 0 unspecified atom stereocenters. The predicted molar refractivity (Wildman–Crippen MR) is 72.7 cm³/mol. The van der Waals surface area contributed by atoms with Gasteiger partial charge in [-0.25, -0.2) is 9.97 Å². The van der Waals surface area contributed by atoms with E-state index in [2.05, 4.69) is 20.3 Å². The molecule has 3 rings (SSSR count). The Morgan fingerprint density at radius 2 is 2.56 bits per heavy atom. The normalized spacial score (nSPS) is 31.4. The molecule has 2 aromatic rings. The lowest BCUT2D eigenvalue weighted by Gasteiger charge is -2.37. The summed E-state index contributed by atoms with van der Waals surface area (Å²) in [6, 6.07) is 0.824. The zero-order valence-corrected chi connectivity index (χ0v) is 9.77. The van der Waals surface area contributed by atoms with Gasteiger partial charge in [0, 0.05) is 34.0 Å². The molecular weight excluding hydrogens is 226 g/mol. The van der Waals surface area contributed by atoms with Crippen molar-refractivity contribution in [1.82, 2.24) is 20.3 Å². The Kier molecular flexibility index (Phi) is 1.53. The van der Waals surface area contributed by atoms with Crippen molar-refractivity contribution in [2.75, 3.05) is 25.0 Å². The van der Waals surface area contributed by atoms with Gasteiger partial charge in [-0.3, -0.25) is 0 Å². The summed E-state index contributed by atoms with van der Waals surface area (Å²) in [4.78, 5) is 11.9. The highest BCUT2D eigenvalue weighted by atomic mass is 15.2. The highest BCUT2D eigenvalue weighted by Crippen LogP contribution is 2.26. The molecule has 0 spiro atoms. The Labute approximate surface area is 116 Å². The van der Waals surface area contributed by atoms with Crippen molar-refractivity contribution in [2.45, 2.75) is 19.3 Å². The quantitative estimate of drug-likeness (QED) is 0.848. The van der Waals surface area contributed by atoms with E-state index in [1.807, 2.05) is 0 Å². The second kappa shape index (κ2) is 4.57. The average Bonchev–Trinajstić information content (AvgIpc) is 2.93. The number of hydrogen-bond acceptors (Lipinski definition) is 4. The number of piperidine rings is 1. The second-order valence-electron chi connectivity index (χ2n) is 4.42. The third-order valence-corrected chi connectivity index (χ3v) is 3.29. The molecule has 2 atom stereocenters. The Morgan fingerprint density at radius 3 is 3.44 bits per heavy atom. The number of rotatable bonds is 2. The topological polar surface area (TPSA) is 56.8 Å². The lowest BCUT2D eigenvalue weighted by atomic mass is 9.93. The Hall–Kier alpha value is -1.62. The summed E-state index contributed by atoms with van der Waals surface area (Å²) in [6.07, 6.45) is 1.59. The van der Waals surface area contributed by atoms with Crippen LogP contribution in [0.3, 0.4) is 0 Å². The van der Waals surface area contributed by atoms with Gasteiger partial charge in [-0.15, -0.1) is 0 Å². The van der Waals surface area contributed by atoms with Crippen LogP contribution >= 0.6 is 0 Å². The lowest BCUT2D eigenvalue weighted by Crippen LogP contribution is -2.49. The fraction of sp³-hybridized carbons (Fsp3) is 0.538. The van der Waals surface area contributed by atoms with E-state index in [1.165, 1.54) is 0 Å². The smallest absolute Gasteiger partial charge is 0.142 e. The molecule has 1 fully saturated rings. The highest BCUT2D eigenvalue weighted by molar-refractivity contribution is 5.87. The molecule has 2 aromatic heterocycles. The molecular formula is C13H19N5. The Morgan fingerprint density at radius 1 is 1.56 bits per heavy atom. The van der Waals surface area contributed by atoms with Crippen molar-refractivity contribution < 1.29 is 9.60 Å². The van der Waals surface area contributed by atoms with E-state index in [4.69, 9.17) is 9.60 Å². The van der Waals surface area contributed by atoms with Gasteiger partial charge in [0.25, 0.3) is 0 Å². The number of aromatic amines is 1. The van der Waals surface area contributed by atoms with Crippen LogP contribution in [0.2, 0.25) is 0 Å². The minimum atomic E-state index is -2.61. The first kappa shape index (κ1) is 6.02. The van der Waals surface area contributed by atoms with Gasteiger partial charge in [-0.2, -0.15) is 0 Å². The minimum Gasteiger partial charge on any atom is -0.354 e. The van der Waals surface area contributed by atoms with Crippen LogP contribution in [0.25, 0.3) is 11.0 Å². The number of hydrogen-bond donors (Lipinski definition) is 2. The summed E-state index contributed by atoms with van der Waals surface area (Å²) in [5.74, 6) is -0.758. The van der Waals surface area contributed by atoms with Crippen molar-refractivity contribution in [3.05, 3.63) is 18.6 Å². The van der Waals surface area contributed by atoms with Crippen molar-refractivity contribution in [3.8, 4) is 0 Å². The summed E-state index contributed by atoms with van der Waals surface area (Å²) in [5.41, 5.74) is 0.346. The molecule has 0 amide bonds. The summed E-state index contributed by atoms with van der Waals surface area (Å²) in [6.45, 7) is -4.17. The predicted octanol–water partition coefficient (Wildman–Crippen LogP) is 1.39. The van der Waals surface area contributed by atoms with Crippen LogP contribution in [0.4, 0.5) is 5.82 Å². The third kappa shape index (κ3) is 1.84. The number of aromatic nitrogens is 3. The number of anilines is 1. The fourth-order valence-corrected chi connectivity index (χ4v) is 2.27. The second-order valence-corrected chi connectivity index (χ2v) is 4.42. The number of nitrogens with one attached hydrogen (secondary N) is 2. The maximum atomic E-state index is 7.97. The molecule has 0 aromatic carbocycles. The first-order chi connectivity index (χ1) is 11.6. The van der Waals surface area contributed by atoms with E-state index in [9.17, 15) is 0 Å². The molecule has 5 nitrogen and oxygen atoms in total. The SMILES string of the molecule is [2H]c1nc(N([C@H]2CNCC[C@H]2C([2H])([2H])[2H])C([2H])([2H])[2H])c2cc[nH]c2n1. The summed E-state index contributed by atoms with van der Waals surface area (Å²) in [7, 11) is 0. The van der Waals surface area contributed by atoms with Gasteiger partial charge in [-0.1, -0.05) is 6.85 Å². The molecule has 96 valence electrons. The molecule has 0 bridgehead atoms. The van der Waals surface area contributed by atoms with Crippen LogP contribution in [-0.4, -0.2) is 41.1 Å². The van der Waals surface area contributed by atoms with Crippen LogP contribution in [0.1, 0.15) is 22.9 Å². The molecule has 1 aliphatic heterocycles. The summed E-state index contributed by atoms with van der Waals surface area (Å²) < 4.78 is 55.1. The maximum absolute atomic E-state index is 7.97. The van der Waals surface area contributed by atoms with E-state index in [0.29, 0.717) is 24.0 Å². The number of fused-ring (bicyclic) bond motifs is 1. The van der Waals surface area contributed by atoms with Crippen molar-refractivity contribution in [3.63, 3.8) is 0 Å². The van der Waals surface area contributed by atoms with Crippen LogP contribution < -0.4 is 10.2 Å². The van der Waals surface area contributed by atoms with Gasteiger partial charge in [0.2, 0.25) is 0 Å². The largest absolute Gasteiger partial charge is 0.354 e. The summed E-state index contributed by atoms with van der Waals surface area (Å²) in [5, 5.41) is 3.52. The molecule has 0 aliphatic carbocycles. The highest BCUT2D eigenvalue weighted by Gasteiger charge is 2.26. The number of likely N-dealkylation sites (N-methyl/N-ethyl adjacent to an activating group) is 1. The zero-order chi connectivity index (χ0) is 18.4. The third-order valence-electron chi connectivity index (χ3n) is 3.29. The first-order valence-corrected chi connectivity index (χ1v) is 5.91. The van der Waals surface area contributed by atoms with E-state index in [-0.39, 0.29) is 18.7 Å². The van der Waals surface area contributed by atoms with Crippen LogP contribution in [0.15, 0.2) is 18.6 Å². The molecule has 3 heterocycles. The van der Waals surface area contributed by atoms with E-state index in [1.54, 1.807) is 12.3 Å². The van der Waals surface area contributed by atoms with Crippen LogP contribution in [0, 0.1) is 5.92 Å². The van der Waals surface area contributed by atoms with E-state index >= 15 is 0 Å². The maximum Gasteiger partial charge on any atom is 0.142 e. The standard InChI is InChI=1S/C13H19N5/c1-9-3-5-14-7-11(9)18(2)13-10-4-6-15-12(10)16-8-17-13/h4,6,8-9,11,14H,3,5,7H2,1-2H3,(H,15,16,17)/t9-,11+/m1/s1/i1D3,2D3,8D. The lowest BCUT2D eigenvalue weighted by molar-refractivity contribution is 0.338. The minimum absolute atomic E-state index is 0.0548. The van der Waals surface area contributed by atoms with Crippen molar-refractivity contribution in [1.29, 1.82) is 0 Å². The molecule has 2 N–H and O–H groups in total. The molecule has 1 aliphatic rings. The summed E-state index contributed by atoms with van der Waals surface area (Å²) >= 11 is 0. The van der Waals surface area contributed by atoms with Crippen LogP contribution in [0.5, 0.6) is 0 Å². The fourth-order valence-electron chi connectivity index (χ4n) is 2.27. The molecule has 5 heteroatoms. The first-order valence-electron chi connectivity index (χ1n) is 9.41. The zero-order valence-electron chi connectivity index (χ0n) is 16.8. The van der Waals surface area contributed by atoms with Gasteiger partial charge < -0.3 is 15.2 Å². The van der Waals surface area contributed by atoms with Crippen molar-refractivity contribution >= 4 is 16.9 Å². The Bertz CT molecular complexity index is 753. The number of H-pyrrole nitrogens is 1. The van der Waals surface area contributed by atoms with E-state index < -0.39 is 25.8 Å². The van der Waals surface area contributed by atoms with Gasteiger partial charge in [-0.05, 0) is 24.9 Å². The van der Waals surface area contributed by atoms with Gasteiger partial charge in [0.1, 0.15) is 19.1 Å². The number of nitrogens with zero attached hydrogens (tertiary/aromatic N) is 3. The average molecular weight is 252 g/mol. The van der Waals surface area contributed by atoms with Gasteiger partial charge in [0.05, 0.1) is 5.39 Å². The van der Waals surface area contributed by atoms with Gasteiger partial charge >= 0.3 is 0 Å². The molecule has 0 saturated carbocycles. The van der Waals surface area contributed by atoms with Crippen molar-refractivity contribution in [2.24, 2.45) is 5.92 Å². The Balaban J connectivity index is 2.16. The molecule has 1 saturated heterocycles. The molecule has 0 radical (unpaired) electrons.